The van der Waals surface area contributed by atoms with Crippen LogP contribution in [0.4, 0.5) is 0 Å². The average molecular weight is 617 g/mol. The summed E-state index contributed by atoms with van der Waals surface area (Å²) in [5, 5.41) is 21.5. The highest BCUT2D eigenvalue weighted by Crippen LogP contribution is 2.22. The van der Waals surface area contributed by atoms with Gasteiger partial charge in [0.2, 0.25) is 0 Å². The molecule has 1 heterocycles. The molecule has 1 aliphatic heterocycles. The van der Waals surface area contributed by atoms with Crippen molar-refractivity contribution in [3.05, 3.63) is 0 Å². The second-order valence-electron chi connectivity index (χ2n) is 12.1. The van der Waals surface area contributed by atoms with Crippen LogP contribution in [0.25, 0.3) is 0 Å². The Bertz CT molecular complexity index is 632. The summed E-state index contributed by atoms with van der Waals surface area (Å²) in [6, 6.07) is 0. The summed E-state index contributed by atoms with van der Waals surface area (Å²) in [5.41, 5.74) is 0. The molecule has 242 valence electrons. The van der Waals surface area contributed by atoms with Gasteiger partial charge in [0.05, 0.1) is 6.61 Å². The van der Waals surface area contributed by atoms with Crippen molar-refractivity contribution in [2.24, 2.45) is 0 Å². The summed E-state index contributed by atoms with van der Waals surface area (Å²) in [6.07, 6.45) is 26.7. The van der Waals surface area contributed by atoms with E-state index in [4.69, 9.17) is 38.6 Å². The van der Waals surface area contributed by atoms with E-state index in [1.54, 1.807) is 0 Å². The Morgan fingerprint density at radius 2 is 1.02 bits per heavy atom. The highest BCUT2D eigenvalue weighted by Gasteiger charge is 2.41. The molecule has 1 fully saturated rings. The van der Waals surface area contributed by atoms with Crippen LogP contribution in [-0.2, 0) is 14.2 Å². The molecule has 41 heavy (non-hydrogen) atoms. The number of aliphatic hydroxyl groups is 2. The minimum atomic E-state index is -1.02. The summed E-state index contributed by atoms with van der Waals surface area (Å²) in [4.78, 5) is 0. The van der Waals surface area contributed by atoms with Crippen LogP contribution in [0.3, 0.4) is 0 Å². The number of rotatable bonds is 28. The zero-order chi connectivity index (χ0) is 30.0. The van der Waals surface area contributed by atoms with Crippen molar-refractivity contribution in [1.82, 2.24) is 0 Å². The molecule has 0 saturated carbocycles. The molecule has 1 aliphatic rings. The molecular formula is C34H64O5S2. The van der Waals surface area contributed by atoms with Gasteiger partial charge in [-0.2, -0.15) is 0 Å². The fourth-order valence-corrected chi connectivity index (χ4v) is 5.97. The predicted octanol–water partition coefficient (Wildman–Crippen LogP) is 9.57. The number of unbranched alkanes of at least 4 members (excludes halogenated alkanes) is 20. The van der Waals surface area contributed by atoms with Gasteiger partial charge in [-0.1, -0.05) is 142 Å². The molecule has 4 atom stereocenters. The van der Waals surface area contributed by atoms with Crippen molar-refractivity contribution in [2.75, 3.05) is 13.2 Å². The second kappa shape index (κ2) is 27.2. The van der Waals surface area contributed by atoms with E-state index in [9.17, 15) is 10.2 Å². The fraction of sp³-hybridized carbons (Fsp3) is 0.941. The zero-order valence-electron chi connectivity index (χ0n) is 26.6. The average Bonchev–Trinajstić information content (AvgIpc) is 3.30. The van der Waals surface area contributed by atoms with Crippen LogP contribution >= 0.6 is 24.4 Å². The molecule has 0 unspecified atom stereocenters. The lowest BCUT2D eigenvalue weighted by atomic mass is 10.1. The lowest BCUT2D eigenvalue weighted by Crippen LogP contribution is -2.43. The number of hydrogen-bond donors (Lipinski definition) is 2. The van der Waals surface area contributed by atoms with E-state index in [1.165, 1.54) is 122 Å². The molecule has 0 radical (unpaired) electrons. The van der Waals surface area contributed by atoms with Gasteiger partial charge in [-0.3, -0.25) is 0 Å². The van der Waals surface area contributed by atoms with Crippen LogP contribution in [0.2, 0.25) is 0 Å². The van der Waals surface area contributed by atoms with Gasteiger partial charge in [-0.15, -0.1) is 0 Å². The van der Waals surface area contributed by atoms with Crippen LogP contribution in [0, 0.1) is 0 Å². The molecular weight excluding hydrogens is 553 g/mol. The molecule has 1 saturated heterocycles. The van der Waals surface area contributed by atoms with E-state index < -0.39 is 24.4 Å². The van der Waals surface area contributed by atoms with Crippen molar-refractivity contribution >= 4 is 34.5 Å². The molecule has 0 bridgehead atoms. The maximum atomic E-state index is 10.4. The molecule has 0 aromatic rings. The number of thiocarbonyl (C=S) groups is 2. The predicted molar refractivity (Wildman–Crippen MR) is 180 cm³/mol. The second-order valence-corrected chi connectivity index (χ2v) is 13.0. The van der Waals surface area contributed by atoms with E-state index in [-0.39, 0.29) is 13.2 Å². The minimum Gasteiger partial charge on any atom is -0.483 e. The first-order chi connectivity index (χ1) is 20.0. The Morgan fingerprint density at radius 1 is 0.634 bits per heavy atom. The summed E-state index contributed by atoms with van der Waals surface area (Å²) < 4.78 is 17.6. The third-order valence-electron chi connectivity index (χ3n) is 8.22. The smallest absolute Gasteiger partial charge is 0.162 e. The first-order valence-electron chi connectivity index (χ1n) is 17.3. The third kappa shape index (κ3) is 21.1. The number of aliphatic hydroxyl groups excluding tert-OH is 2. The van der Waals surface area contributed by atoms with Crippen molar-refractivity contribution < 1.29 is 24.4 Å². The molecule has 0 aliphatic carbocycles. The number of ether oxygens (including phenoxy) is 3. The third-order valence-corrected chi connectivity index (χ3v) is 8.84. The van der Waals surface area contributed by atoms with Gasteiger partial charge in [0.1, 0.15) is 24.9 Å². The largest absolute Gasteiger partial charge is 0.483 e. The number of hydrogen-bond acceptors (Lipinski definition) is 7. The Hall–Kier alpha value is -0.340. The summed E-state index contributed by atoms with van der Waals surface area (Å²) in [5.74, 6) is 0. The molecule has 5 nitrogen and oxygen atoms in total. The molecule has 7 heteroatoms. The Kier molecular flexibility index (Phi) is 25.7. The van der Waals surface area contributed by atoms with Gasteiger partial charge in [0, 0.05) is 12.8 Å². The topological polar surface area (TPSA) is 68.2 Å². The molecule has 0 amide bonds. The molecule has 0 aromatic heterocycles. The minimum absolute atomic E-state index is 0.0836. The summed E-state index contributed by atoms with van der Waals surface area (Å²) >= 11 is 11.0. The van der Waals surface area contributed by atoms with E-state index >= 15 is 0 Å². The maximum absolute atomic E-state index is 10.4. The lowest BCUT2D eigenvalue weighted by molar-refractivity contribution is -0.0600. The standard InChI is InChI=1S/C34H64O5S2/c1-3-5-7-9-11-13-15-17-19-21-23-25-31(40)37-28-30(34-33(36)29(35)27-38-34)39-32(41)26-24-22-20-18-16-14-12-10-8-6-4-2/h29-30,33-36H,3-28H2,1-2H3/t29-,30+,33-,34-/m0/s1. The maximum Gasteiger partial charge on any atom is 0.162 e. The van der Waals surface area contributed by atoms with Crippen LogP contribution in [0.15, 0.2) is 0 Å². The summed E-state index contributed by atoms with van der Waals surface area (Å²) in [6.45, 7) is 4.78. The molecule has 0 aromatic carbocycles. The van der Waals surface area contributed by atoms with E-state index in [1.807, 2.05) is 0 Å². The highest BCUT2D eigenvalue weighted by atomic mass is 32.1. The molecule has 1 rings (SSSR count). The van der Waals surface area contributed by atoms with E-state index in [0.717, 1.165) is 25.7 Å². The van der Waals surface area contributed by atoms with Gasteiger partial charge in [-0.05, 0) is 37.3 Å². The van der Waals surface area contributed by atoms with Gasteiger partial charge in [-0.25, -0.2) is 0 Å². The first kappa shape index (κ1) is 38.7. The fourth-order valence-electron chi connectivity index (χ4n) is 5.49. The van der Waals surface area contributed by atoms with Gasteiger partial charge >= 0.3 is 0 Å². The molecule has 0 spiro atoms. The van der Waals surface area contributed by atoms with Crippen LogP contribution < -0.4 is 0 Å². The SMILES string of the molecule is CCCCCCCCCCCCCC(=S)OC[C@@H](OC(=S)CCCCCCCCCCCCC)[C@@H]1OC[C@H](O)[C@@H]1O. The van der Waals surface area contributed by atoms with E-state index in [2.05, 4.69) is 13.8 Å². The van der Waals surface area contributed by atoms with Gasteiger partial charge in [0.15, 0.2) is 16.2 Å². The zero-order valence-corrected chi connectivity index (χ0v) is 28.3. The van der Waals surface area contributed by atoms with Crippen LogP contribution in [0.5, 0.6) is 0 Å². The summed E-state index contributed by atoms with van der Waals surface area (Å²) in [7, 11) is 0. The highest BCUT2D eigenvalue weighted by molar-refractivity contribution is 7.80. The van der Waals surface area contributed by atoms with Crippen molar-refractivity contribution in [1.29, 1.82) is 0 Å². The lowest BCUT2D eigenvalue weighted by Gasteiger charge is -2.27. The molecule has 2 N–H and O–H groups in total. The normalized spacial score (nSPS) is 19.4. The van der Waals surface area contributed by atoms with Crippen molar-refractivity contribution in [2.45, 2.75) is 192 Å². The Balaban J connectivity index is 2.20. The Morgan fingerprint density at radius 3 is 1.41 bits per heavy atom. The van der Waals surface area contributed by atoms with Gasteiger partial charge < -0.3 is 24.4 Å². The monoisotopic (exact) mass is 616 g/mol. The Labute approximate surface area is 263 Å². The van der Waals surface area contributed by atoms with Gasteiger partial charge in [0.25, 0.3) is 0 Å². The quantitative estimate of drug-likeness (QED) is 0.0670. The van der Waals surface area contributed by atoms with Crippen molar-refractivity contribution in [3.8, 4) is 0 Å². The van der Waals surface area contributed by atoms with Crippen LogP contribution in [-0.4, -0.2) is 57.9 Å². The van der Waals surface area contributed by atoms with E-state index in [0.29, 0.717) is 16.5 Å². The van der Waals surface area contributed by atoms with Crippen molar-refractivity contribution in [3.63, 3.8) is 0 Å². The van der Waals surface area contributed by atoms with Crippen LogP contribution in [0.1, 0.15) is 168 Å². The first-order valence-corrected chi connectivity index (χ1v) is 18.1.